The molecule has 1 aliphatic heterocycles. The first-order valence-electron chi connectivity index (χ1n) is 8.59. The summed E-state index contributed by atoms with van der Waals surface area (Å²) >= 11 is 9.69. The Kier molecular flexibility index (Phi) is 8.05. The average Bonchev–Trinajstić information content (AvgIpc) is 3.24. The molecule has 0 saturated heterocycles. The van der Waals surface area contributed by atoms with Gasteiger partial charge in [0.2, 0.25) is 0 Å². The van der Waals surface area contributed by atoms with Crippen molar-refractivity contribution in [2.45, 2.75) is 19.4 Å². The van der Waals surface area contributed by atoms with Gasteiger partial charge in [0.15, 0.2) is 0 Å². The highest BCUT2D eigenvalue weighted by molar-refractivity contribution is 7.16. The number of nitrogens with two attached hydrogens (primary N) is 1. The first kappa shape index (κ1) is 21.6. The number of nitrogens with zero attached hydrogens (tertiary/aromatic N) is 2. The lowest BCUT2D eigenvalue weighted by Gasteiger charge is -2.30. The maximum atomic E-state index is 6.28. The monoisotopic (exact) mass is 419 g/mol. The summed E-state index contributed by atoms with van der Waals surface area (Å²) in [5.41, 5.74) is 10.6. The highest BCUT2D eigenvalue weighted by atomic mass is 35.5. The zero-order valence-electron chi connectivity index (χ0n) is 16.0. The maximum absolute atomic E-state index is 6.28. The van der Waals surface area contributed by atoms with E-state index < -0.39 is 0 Å². The van der Waals surface area contributed by atoms with Gasteiger partial charge < -0.3 is 10.6 Å². The van der Waals surface area contributed by atoms with Crippen LogP contribution < -0.4 is 5.73 Å². The molecule has 0 aliphatic carbocycles. The SMILES string of the molecule is C=CC=C.CN=C/C(=C(/C)N)c1sccc1C1CN(C)Cc2sc(Cl)cc21. The minimum atomic E-state index is 0.327. The molecule has 0 fully saturated rings. The van der Waals surface area contributed by atoms with Gasteiger partial charge in [-0.2, -0.15) is 0 Å². The number of likely N-dealkylation sites (N-methyl/N-ethyl adjacent to an activating group) is 1. The third-order valence-corrected chi connectivity index (χ3v) is 6.49. The van der Waals surface area contributed by atoms with Crippen LogP contribution in [0.2, 0.25) is 4.34 Å². The first-order chi connectivity index (χ1) is 12.9. The van der Waals surface area contributed by atoms with Crippen molar-refractivity contribution in [3.05, 3.63) is 73.7 Å². The summed E-state index contributed by atoms with van der Waals surface area (Å²) in [7, 11) is 3.94. The van der Waals surface area contributed by atoms with Crippen molar-refractivity contribution < 1.29 is 0 Å². The molecular weight excluding hydrogens is 394 g/mol. The van der Waals surface area contributed by atoms with Gasteiger partial charge in [-0.05, 0) is 42.6 Å². The molecule has 6 heteroatoms. The molecular formula is C21H26ClN3S2. The molecule has 0 bridgehead atoms. The number of rotatable bonds is 4. The lowest BCUT2D eigenvalue weighted by Crippen LogP contribution is -2.30. The van der Waals surface area contributed by atoms with Gasteiger partial charge in [0.25, 0.3) is 0 Å². The van der Waals surface area contributed by atoms with Crippen molar-refractivity contribution in [2.75, 3.05) is 20.6 Å². The normalized spacial score (nSPS) is 17.7. The van der Waals surface area contributed by atoms with Crippen LogP contribution in [-0.4, -0.2) is 31.8 Å². The fourth-order valence-electron chi connectivity index (χ4n) is 3.09. The third-order valence-electron chi connectivity index (χ3n) is 4.26. The Morgan fingerprint density at radius 2 is 2.07 bits per heavy atom. The summed E-state index contributed by atoms with van der Waals surface area (Å²) in [6, 6.07) is 4.35. The standard InChI is InChI=1S/C17H20ClN3S2.C4H6/c1-10(19)13(7-20-2)17-11(4-5-22-17)14-8-21(3)9-15-12(14)6-16(18)23-15;1-3-4-2/h4-7,14H,8-9,19H2,1-3H3;3-4H,1-2H2/b13-10+,20-7?;. The molecule has 1 atom stereocenters. The predicted octanol–water partition coefficient (Wildman–Crippen LogP) is 5.79. The van der Waals surface area contributed by atoms with Crippen molar-refractivity contribution in [1.82, 2.24) is 4.90 Å². The number of fused-ring (bicyclic) bond motifs is 1. The highest BCUT2D eigenvalue weighted by Gasteiger charge is 2.29. The van der Waals surface area contributed by atoms with Gasteiger partial charge in [0.05, 0.1) is 4.34 Å². The highest BCUT2D eigenvalue weighted by Crippen LogP contribution is 2.42. The minimum absolute atomic E-state index is 0.327. The molecule has 144 valence electrons. The molecule has 1 aliphatic rings. The molecule has 0 saturated carbocycles. The van der Waals surface area contributed by atoms with E-state index >= 15 is 0 Å². The van der Waals surface area contributed by atoms with Crippen LogP contribution in [0, 0.1) is 0 Å². The minimum Gasteiger partial charge on any atom is -0.402 e. The van der Waals surface area contributed by atoms with Crippen molar-refractivity contribution in [1.29, 1.82) is 0 Å². The lowest BCUT2D eigenvalue weighted by molar-refractivity contribution is 0.299. The zero-order valence-corrected chi connectivity index (χ0v) is 18.4. The van der Waals surface area contributed by atoms with E-state index in [1.807, 2.05) is 13.1 Å². The molecule has 0 spiro atoms. The Balaban J connectivity index is 0.000000596. The zero-order chi connectivity index (χ0) is 20.0. The van der Waals surface area contributed by atoms with E-state index in [0.717, 1.165) is 28.7 Å². The van der Waals surface area contributed by atoms with E-state index in [9.17, 15) is 0 Å². The number of halogens is 1. The average molecular weight is 420 g/mol. The van der Waals surface area contributed by atoms with Crippen molar-refractivity contribution in [3.8, 4) is 0 Å². The summed E-state index contributed by atoms with van der Waals surface area (Å²) in [5, 5.41) is 2.14. The van der Waals surface area contributed by atoms with E-state index in [4.69, 9.17) is 17.3 Å². The summed E-state index contributed by atoms with van der Waals surface area (Å²) in [4.78, 5) is 9.11. The van der Waals surface area contributed by atoms with E-state index in [0.29, 0.717) is 5.92 Å². The van der Waals surface area contributed by atoms with Gasteiger partial charge in [0.1, 0.15) is 0 Å². The Morgan fingerprint density at radius 3 is 2.67 bits per heavy atom. The van der Waals surface area contributed by atoms with E-state index in [1.165, 1.54) is 20.9 Å². The molecule has 3 nitrogen and oxygen atoms in total. The van der Waals surface area contributed by atoms with Crippen LogP contribution in [-0.2, 0) is 6.54 Å². The van der Waals surface area contributed by atoms with E-state index in [2.05, 4.69) is 47.6 Å². The molecule has 0 aromatic carbocycles. The van der Waals surface area contributed by atoms with Gasteiger partial charge in [0, 0.05) is 53.3 Å². The van der Waals surface area contributed by atoms with Crippen molar-refractivity contribution in [3.63, 3.8) is 0 Å². The lowest BCUT2D eigenvalue weighted by atomic mass is 9.87. The number of hydrogen-bond donors (Lipinski definition) is 1. The largest absolute Gasteiger partial charge is 0.402 e. The fraction of sp³-hybridized carbons (Fsp3) is 0.286. The summed E-state index contributed by atoms with van der Waals surface area (Å²) < 4.78 is 0.868. The van der Waals surface area contributed by atoms with Crippen molar-refractivity contribution in [2.24, 2.45) is 10.7 Å². The maximum Gasteiger partial charge on any atom is 0.0934 e. The van der Waals surface area contributed by atoms with Crippen LogP contribution >= 0.6 is 34.3 Å². The Labute approximate surface area is 175 Å². The summed E-state index contributed by atoms with van der Waals surface area (Å²) in [5.74, 6) is 0.327. The molecule has 0 radical (unpaired) electrons. The molecule has 2 aromatic rings. The van der Waals surface area contributed by atoms with E-state index in [-0.39, 0.29) is 0 Å². The van der Waals surface area contributed by atoms with Crippen LogP contribution in [0.1, 0.15) is 33.7 Å². The second kappa shape index (κ2) is 10.0. The van der Waals surface area contributed by atoms with Crippen LogP contribution in [0.4, 0.5) is 0 Å². The number of hydrogen-bond acceptors (Lipinski definition) is 5. The molecule has 27 heavy (non-hydrogen) atoms. The molecule has 3 rings (SSSR count). The Morgan fingerprint density at radius 1 is 1.37 bits per heavy atom. The van der Waals surface area contributed by atoms with Crippen LogP contribution in [0.3, 0.4) is 0 Å². The predicted molar refractivity (Wildman–Crippen MR) is 123 cm³/mol. The van der Waals surface area contributed by atoms with Crippen LogP contribution in [0.15, 0.2) is 53.5 Å². The molecule has 2 N–H and O–H groups in total. The van der Waals surface area contributed by atoms with Gasteiger partial charge >= 0.3 is 0 Å². The topological polar surface area (TPSA) is 41.6 Å². The Hall–Kier alpha value is -1.66. The van der Waals surface area contributed by atoms with Gasteiger partial charge in [-0.25, -0.2) is 0 Å². The molecule has 1 unspecified atom stereocenters. The molecule has 2 aromatic heterocycles. The summed E-state index contributed by atoms with van der Waals surface area (Å²) in [6.07, 6.45) is 5.14. The summed E-state index contributed by atoms with van der Waals surface area (Å²) in [6.45, 7) is 10.6. The number of thiophene rings is 2. The van der Waals surface area contributed by atoms with Crippen LogP contribution in [0.25, 0.3) is 5.57 Å². The quantitative estimate of drug-likeness (QED) is 0.503. The molecule has 3 heterocycles. The van der Waals surface area contributed by atoms with Crippen molar-refractivity contribution >= 4 is 46.1 Å². The van der Waals surface area contributed by atoms with Gasteiger partial charge in [-0.3, -0.25) is 4.99 Å². The second-order valence-electron chi connectivity index (χ2n) is 6.34. The third kappa shape index (κ3) is 5.20. The van der Waals surface area contributed by atoms with E-state index in [1.54, 1.807) is 41.9 Å². The number of allylic oxidation sites excluding steroid dienone is 4. The van der Waals surface area contributed by atoms with Gasteiger partial charge in [-0.15, -0.1) is 22.7 Å². The smallest absolute Gasteiger partial charge is 0.0934 e. The van der Waals surface area contributed by atoms with Gasteiger partial charge in [-0.1, -0.05) is 36.9 Å². The fourth-order valence-corrected chi connectivity index (χ4v) is 5.55. The first-order valence-corrected chi connectivity index (χ1v) is 10.7. The Bertz CT molecular complexity index is 851. The molecule has 0 amide bonds. The van der Waals surface area contributed by atoms with Crippen LogP contribution in [0.5, 0.6) is 0 Å². The number of aliphatic imine (C=N–C) groups is 1. The second-order valence-corrected chi connectivity index (χ2v) is 9.02.